The van der Waals surface area contributed by atoms with Crippen molar-refractivity contribution in [3.63, 3.8) is 0 Å². The molecule has 0 aromatic carbocycles. The minimum atomic E-state index is -0.750. The third-order valence-corrected chi connectivity index (χ3v) is 4.21. The summed E-state index contributed by atoms with van der Waals surface area (Å²) in [6.07, 6.45) is 2.68. The number of hydrogen-bond donors (Lipinski definition) is 4. The van der Waals surface area contributed by atoms with Gasteiger partial charge < -0.3 is 25.5 Å². The lowest BCUT2D eigenvalue weighted by Gasteiger charge is -2.32. The van der Waals surface area contributed by atoms with Gasteiger partial charge in [0.1, 0.15) is 11.9 Å². The lowest BCUT2D eigenvalue weighted by atomic mass is 10.1. The molecule has 0 bridgehead atoms. The van der Waals surface area contributed by atoms with Crippen molar-refractivity contribution in [3.8, 4) is 0 Å². The highest BCUT2D eigenvalue weighted by Gasteiger charge is 2.21. The molecule has 2 rings (SSSR count). The van der Waals surface area contributed by atoms with Crippen LogP contribution in [0.25, 0.3) is 0 Å². The van der Waals surface area contributed by atoms with Crippen molar-refractivity contribution in [2.45, 2.75) is 31.9 Å². The van der Waals surface area contributed by atoms with Crippen molar-refractivity contribution in [2.75, 3.05) is 39.8 Å². The molecule has 4 N–H and O–H groups in total. The number of furan rings is 1. The summed E-state index contributed by atoms with van der Waals surface area (Å²) in [6.45, 7) is 5.19. The van der Waals surface area contributed by atoms with E-state index in [-0.39, 0.29) is 12.5 Å². The number of piperidine rings is 1. The van der Waals surface area contributed by atoms with Gasteiger partial charge in [0.2, 0.25) is 5.91 Å². The first-order valence-electron chi connectivity index (χ1n) is 8.81. The summed E-state index contributed by atoms with van der Waals surface area (Å²) in [5, 5.41) is 19.3. The molecule has 1 saturated heterocycles. The van der Waals surface area contributed by atoms with E-state index in [0.717, 1.165) is 32.5 Å². The average molecular weight is 351 g/mol. The van der Waals surface area contributed by atoms with E-state index < -0.39 is 6.10 Å². The fourth-order valence-electron chi connectivity index (χ4n) is 2.78. The lowest BCUT2D eigenvalue weighted by molar-refractivity contribution is -0.122. The number of hydrogen-bond acceptors (Lipinski definition) is 5. The van der Waals surface area contributed by atoms with Crippen molar-refractivity contribution in [2.24, 2.45) is 4.99 Å². The third kappa shape index (κ3) is 6.39. The van der Waals surface area contributed by atoms with Gasteiger partial charge >= 0.3 is 0 Å². The Hall–Kier alpha value is -2.06. The van der Waals surface area contributed by atoms with Crippen LogP contribution in [0.15, 0.2) is 27.8 Å². The first-order valence-corrected chi connectivity index (χ1v) is 8.81. The lowest BCUT2D eigenvalue weighted by Crippen LogP contribution is -2.50. The minimum absolute atomic E-state index is 0.0493. The Kier molecular flexibility index (Phi) is 7.75. The molecule has 1 aromatic heterocycles. The molecule has 25 heavy (non-hydrogen) atoms. The molecule has 8 nitrogen and oxygen atoms in total. The van der Waals surface area contributed by atoms with E-state index in [2.05, 4.69) is 25.8 Å². The summed E-state index contributed by atoms with van der Waals surface area (Å²) >= 11 is 0. The van der Waals surface area contributed by atoms with Crippen LogP contribution in [0.5, 0.6) is 0 Å². The predicted molar refractivity (Wildman–Crippen MR) is 96.3 cm³/mol. The third-order valence-electron chi connectivity index (χ3n) is 4.21. The van der Waals surface area contributed by atoms with Crippen LogP contribution >= 0.6 is 0 Å². The van der Waals surface area contributed by atoms with Crippen LogP contribution in [-0.2, 0) is 4.79 Å². The number of rotatable bonds is 7. The number of aliphatic hydroxyl groups excluding tert-OH is 1. The normalized spacial score (nSPS) is 18.0. The first kappa shape index (κ1) is 19.3. The molecule has 0 aliphatic carbocycles. The molecule has 0 saturated carbocycles. The fraction of sp³-hybridized carbons (Fsp3) is 0.647. The van der Waals surface area contributed by atoms with Crippen LogP contribution in [0.3, 0.4) is 0 Å². The Labute approximate surface area is 148 Å². The summed E-state index contributed by atoms with van der Waals surface area (Å²) in [5.74, 6) is 1.26. The molecule has 1 unspecified atom stereocenters. The fourth-order valence-corrected chi connectivity index (χ4v) is 2.78. The number of guanidine groups is 1. The maximum atomic E-state index is 11.4. The topological polar surface area (TPSA) is 102 Å². The number of aliphatic hydroxyl groups is 1. The zero-order valence-corrected chi connectivity index (χ0v) is 15.0. The molecular weight excluding hydrogens is 322 g/mol. The molecule has 1 aliphatic rings. The summed E-state index contributed by atoms with van der Waals surface area (Å²) in [5.41, 5.74) is 0. The molecule has 0 radical (unpaired) electrons. The van der Waals surface area contributed by atoms with E-state index >= 15 is 0 Å². The molecule has 1 fully saturated rings. The summed E-state index contributed by atoms with van der Waals surface area (Å²) < 4.78 is 5.19. The van der Waals surface area contributed by atoms with Crippen LogP contribution in [0.4, 0.5) is 0 Å². The van der Waals surface area contributed by atoms with Crippen molar-refractivity contribution in [1.82, 2.24) is 20.9 Å². The van der Waals surface area contributed by atoms with E-state index in [9.17, 15) is 9.90 Å². The van der Waals surface area contributed by atoms with Crippen molar-refractivity contribution in [3.05, 3.63) is 24.2 Å². The van der Waals surface area contributed by atoms with Crippen LogP contribution in [-0.4, -0.2) is 67.7 Å². The highest BCUT2D eigenvalue weighted by atomic mass is 16.4. The van der Waals surface area contributed by atoms with E-state index in [0.29, 0.717) is 24.3 Å². The molecule has 8 heteroatoms. The van der Waals surface area contributed by atoms with Gasteiger partial charge in [-0.15, -0.1) is 0 Å². The molecule has 140 valence electrons. The Morgan fingerprint density at radius 2 is 2.24 bits per heavy atom. The molecule has 1 amide bonds. The monoisotopic (exact) mass is 351 g/mol. The van der Waals surface area contributed by atoms with Crippen LogP contribution < -0.4 is 16.0 Å². The van der Waals surface area contributed by atoms with Crippen molar-refractivity contribution < 1.29 is 14.3 Å². The zero-order chi connectivity index (χ0) is 18.1. The number of nitrogens with zero attached hydrogens (tertiary/aromatic N) is 2. The van der Waals surface area contributed by atoms with Gasteiger partial charge in [-0.25, -0.2) is 0 Å². The maximum absolute atomic E-state index is 11.4. The standard InChI is InChI=1S/C17H29N5O3/c1-3-19-17(20-11-14(23)15-5-4-10-25-15)21-13-6-8-22(9-7-13)12-16(24)18-2/h4-5,10,13-14,23H,3,6-9,11-12H2,1-2H3,(H,18,24)(H2,19,20,21). The zero-order valence-electron chi connectivity index (χ0n) is 15.0. The Morgan fingerprint density at radius 1 is 1.48 bits per heavy atom. The minimum Gasteiger partial charge on any atom is -0.467 e. The van der Waals surface area contributed by atoms with Crippen LogP contribution in [0.2, 0.25) is 0 Å². The van der Waals surface area contributed by atoms with Gasteiger partial charge in [-0.1, -0.05) is 0 Å². The summed E-state index contributed by atoms with van der Waals surface area (Å²) in [4.78, 5) is 18.0. The number of likely N-dealkylation sites (N-methyl/N-ethyl adjacent to an activating group) is 1. The highest BCUT2D eigenvalue weighted by Crippen LogP contribution is 2.13. The van der Waals surface area contributed by atoms with E-state index in [1.165, 1.54) is 6.26 Å². The smallest absolute Gasteiger partial charge is 0.233 e. The molecule has 1 aliphatic heterocycles. The quantitative estimate of drug-likeness (QED) is 0.410. The molecule has 1 aromatic rings. The Morgan fingerprint density at radius 3 is 2.84 bits per heavy atom. The second kappa shape index (κ2) is 10.0. The predicted octanol–water partition coefficient (Wildman–Crippen LogP) is 0.0785. The summed E-state index contributed by atoms with van der Waals surface area (Å²) in [6, 6.07) is 3.79. The largest absolute Gasteiger partial charge is 0.467 e. The van der Waals surface area contributed by atoms with Crippen LogP contribution in [0.1, 0.15) is 31.6 Å². The van der Waals surface area contributed by atoms with E-state index in [4.69, 9.17) is 4.42 Å². The van der Waals surface area contributed by atoms with Crippen LogP contribution in [0, 0.1) is 0 Å². The SMILES string of the molecule is CCNC(=NCC(O)c1ccco1)NC1CCN(CC(=O)NC)CC1. The van der Waals surface area contributed by atoms with Crippen molar-refractivity contribution in [1.29, 1.82) is 0 Å². The number of carbonyl (C=O) groups is 1. The summed E-state index contributed by atoms with van der Waals surface area (Å²) in [7, 11) is 1.66. The molecule has 1 atom stereocenters. The van der Waals surface area contributed by atoms with Gasteiger partial charge in [-0.2, -0.15) is 0 Å². The van der Waals surface area contributed by atoms with Gasteiger partial charge in [0, 0.05) is 32.7 Å². The van der Waals surface area contributed by atoms with Gasteiger partial charge in [0.25, 0.3) is 0 Å². The first-order chi connectivity index (χ1) is 12.1. The van der Waals surface area contributed by atoms with Gasteiger partial charge in [0.15, 0.2) is 5.96 Å². The number of carbonyl (C=O) groups excluding carboxylic acids is 1. The second-order valence-corrected chi connectivity index (χ2v) is 6.12. The average Bonchev–Trinajstić information content (AvgIpc) is 3.16. The molecule has 2 heterocycles. The van der Waals surface area contributed by atoms with Crippen molar-refractivity contribution >= 4 is 11.9 Å². The number of aliphatic imine (C=N–C) groups is 1. The second-order valence-electron chi connectivity index (χ2n) is 6.12. The maximum Gasteiger partial charge on any atom is 0.233 e. The number of likely N-dealkylation sites (tertiary alicyclic amines) is 1. The van der Waals surface area contributed by atoms with Gasteiger partial charge in [-0.3, -0.25) is 14.7 Å². The van der Waals surface area contributed by atoms with E-state index in [1.54, 1.807) is 19.2 Å². The van der Waals surface area contributed by atoms with Gasteiger partial charge in [-0.05, 0) is 31.9 Å². The Balaban J connectivity index is 1.81. The van der Waals surface area contributed by atoms with E-state index in [1.807, 2.05) is 6.92 Å². The number of amides is 1. The highest BCUT2D eigenvalue weighted by molar-refractivity contribution is 5.80. The Bertz CT molecular complexity index is 538. The molecule has 0 spiro atoms. The number of nitrogens with one attached hydrogen (secondary N) is 3. The molecular formula is C17H29N5O3. The van der Waals surface area contributed by atoms with Gasteiger partial charge in [0.05, 0.1) is 19.4 Å².